The lowest BCUT2D eigenvalue weighted by molar-refractivity contribution is -0.139. The van der Waals surface area contributed by atoms with Crippen LogP contribution in [-0.2, 0) is 20.7 Å². The Morgan fingerprint density at radius 3 is 2.75 bits per heavy atom. The summed E-state index contributed by atoms with van der Waals surface area (Å²) in [4.78, 5) is 29.6. The van der Waals surface area contributed by atoms with Gasteiger partial charge < -0.3 is 10.1 Å². The minimum atomic E-state index is -0.584. The summed E-state index contributed by atoms with van der Waals surface area (Å²) in [5.74, 6) is -1.08. The summed E-state index contributed by atoms with van der Waals surface area (Å²) in [5, 5.41) is 14.3. The van der Waals surface area contributed by atoms with Crippen LogP contribution in [0, 0.1) is 5.82 Å². The molecule has 1 N–H and O–H groups in total. The van der Waals surface area contributed by atoms with E-state index >= 15 is 4.39 Å². The zero-order valence-corrected chi connectivity index (χ0v) is 24.6. The Morgan fingerprint density at radius 2 is 1.98 bits per heavy atom. The molecule has 44 heavy (non-hydrogen) atoms. The third kappa shape index (κ3) is 6.07. The van der Waals surface area contributed by atoms with Crippen molar-refractivity contribution in [3.8, 4) is 27.9 Å². The Labute approximate surface area is 258 Å². The number of hydrogen-bond acceptors (Lipinski definition) is 7. The number of nitrogens with one attached hydrogen (secondary N) is 1. The minimum absolute atomic E-state index is 0.0150. The molecule has 222 valence electrons. The molecule has 0 aliphatic carbocycles. The Bertz CT molecular complexity index is 1830. The number of carbonyl (C=O) groups is 2. The first kappa shape index (κ1) is 29.1. The smallest absolute Gasteiger partial charge is 0.309 e. The molecule has 1 aliphatic heterocycles. The van der Waals surface area contributed by atoms with Crippen molar-refractivity contribution in [3.05, 3.63) is 107 Å². The van der Waals surface area contributed by atoms with E-state index in [1.807, 2.05) is 42.5 Å². The lowest BCUT2D eigenvalue weighted by Gasteiger charge is -2.21. The molecule has 1 atom stereocenters. The number of nitrogens with zero attached hydrogens (tertiary/aromatic N) is 5. The third-order valence-corrected chi connectivity index (χ3v) is 8.07. The summed E-state index contributed by atoms with van der Waals surface area (Å²) < 4.78 is 21.6. The third-order valence-electron chi connectivity index (χ3n) is 7.78. The molecule has 0 fully saturated rings. The number of hydrogen-bond donors (Lipinski definition) is 1. The van der Waals surface area contributed by atoms with E-state index in [1.165, 1.54) is 24.2 Å². The molecule has 0 spiro atoms. The van der Waals surface area contributed by atoms with Gasteiger partial charge in [0.1, 0.15) is 6.33 Å². The quantitative estimate of drug-likeness (QED) is 0.225. The molecule has 1 unspecified atom stereocenters. The van der Waals surface area contributed by atoms with Crippen LogP contribution in [0.1, 0.15) is 48.4 Å². The average molecular weight is 611 g/mol. The van der Waals surface area contributed by atoms with Gasteiger partial charge in [0.2, 0.25) is 5.91 Å². The van der Waals surface area contributed by atoms with Gasteiger partial charge in [0.05, 0.1) is 24.2 Å². The topological polar surface area (TPSA) is 112 Å². The van der Waals surface area contributed by atoms with E-state index in [0.717, 1.165) is 40.8 Å². The van der Waals surface area contributed by atoms with Crippen LogP contribution in [0.3, 0.4) is 0 Å². The molecule has 0 radical (unpaired) electrons. The molecule has 2 bridgehead atoms. The van der Waals surface area contributed by atoms with Crippen LogP contribution in [0.25, 0.3) is 27.9 Å². The van der Waals surface area contributed by atoms with Crippen molar-refractivity contribution in [2.45, 2.75) is 38.0 Å². The summed E-state index contributed by atoms with van der Waals surface area (Å²) in [6.07, 6.45) is 5.78. The molecule has 6 rings (SSSR count). The molecule has 11 heteroatoms. The van der Waals surface area contributed by atoms with Gasteiger partial charge in [-0.05, 0) is 64.2 Å². The molecule has 1 aliphatic rings. The van der Waals surface area contributed by atoms with E-state index in [-0.39, 0.29) is 34.8 Å². The lowest BCUT2D eigenvalue weighted by atomic mass is 9.87. The maximum absolute atomic E-state index is 15.4. The van der Waals surface area contributed by atoms with Crippen molar-refractivity contribution in [2.75, 3.05) is 12.4 Å². The molecule has 0 saturated heterocycles. The van der Waals surface area contributed by atoms with E-state index in [4.69, 9.17) is 21.3 Å². The first-order valence-corrected chi connectivity index (χ1v) is 14.6. The first-order chi connectivity index (χ1) is 21.4. The van der Waals surface area contributed by atoms with Crippen molar-refractivity contribution < 1.29 is 18.7 Å². The fourth-order valence-electron chi connectivity index (χ4n) is 5.59. The van der Waals surface area contributed by atoms with E-state index in [9.17, 15) is 9.59 Å². The van der Waals surface area contributed by atoms with Crippen LogP contribution in [0.5, 0.6) is 0 Å². The van der Waals surface area contributed by atoms with E-state index in [2.05, 4.69) is 33.0 Å². The number of rotatable bonds is 5. The van der Waals surface area contributed by atoms with Crippen molar-refractivity contribution >= 4 is 29.2 Å². The fourth-order valence-corrected chi connectivity index (χ4v) is 5.74. The minimum Gasteiger partial charge on any atom is -0.469 e. The van der Waals surface area contributed by atoms with Gasteiger partial charge in [-0.3, -0.25) is 14.6 Å². The average Bonchev–Trinajstić information content (AvgIpc) is 3.57. The highest BCUT2D eigenvalue weighted by atomic mass is 35.5. The van der Waals surface area contributed by atoms with Crippen molar-refractivity contribution in [2.24, 2.45) is 0 Å². The maximum Gasteiger partial charge on any atom is 0.309 e. The number of esters is 1. The second kappa shape index (κ2) is 12.7. The van der Waals surface area contributed by atoms with Crippen molar-refractivity contribution in [1.29, 1.82) is 0 Å². The number of aromatic nitrogens is 5. The van der Waals surface area contributed by atoms with Gasteiger partial charge in [0.15, 0.2) is 5.82 Å². The molecule has 0 saturated carbocycles. The Kier molecular flexibility index (Phi) is 8.42. The Hall–Kier alpha value is -4.96. The first-order valence-electron chi connectivity index (χ1n) is 14.2. The SMILES string of the molecule is COC(=O)Cc1ccc2c(c1)NC(=O)CCCCC(c1ccc(-c3c(-n4cnnn4)ccc(Cl)c3F)cn1)c1cccc-2c1. The monoisotopic (exact) mass is 610 g/mol. The zero-order valence-electron chi connectivity index (χ0n) is 23.8. The lowest BCUT2D eigenvalue weighted by Crippen LogP contribution is -2.14. The molecule has 1 amide bonds. The van der Waals surface area contributed by atoms with E-state index in [1.54, 1.807) is 12.3 Å². The number of carbonyl (C=O) groups excluding carboxylic acids is 2. The molecular formula is C33H28ClFN6O3. The zero-order chi connectivity index (χ0) is 30.6. The Balaban J connectivity index is 1.38. The number of anilines is 1. The van der Waals surface area contributed by atoms with Crippen LogP contribution in [0.2, 0.25) is 5.02 Å². The normalized spacial score (nSPS) is 15.0. The summed E-state index contributed by atoms with van der Waals surface area (Å²) in [6, 6.07) is 20.7. The molecule has 3 heterocycles. The predicted molar refractivity (Wildman–Crippen MR) is 164 cm³/mol. The van der Waals surface area contributed by atoms with Crippen molar-refractivity contribution in [3.63, 3.8) is 0 Å². The molecule has 2 aromatic heterocycles. The fraction of sp³-hybridized carbons (Fsp3) is 0.212. The summed E-state index contributed by atoms with van der Waals surface area (Å²) in [7, 11) is 1.35. The van der Waals surface area contributed by atoms with Gasteiger partial charge in [0.25, 0.3) is 0 Å². The number of amides is 1. The van der Waals surface area contributed by atoms with Crippen LogP contribution in [-0.4, -0.2) is 44.2 Å². The van der Waals surface area contributed by atoms with Gasteiger partial charge in [0, 0.05) is 46.6 Å². The van der Waals surface area contributed by atoms with Gasteiger partial charge in [-0.15, -0.1) is 5.10 Å². The summed E-state index contributed by atoms with van der Waals surface area (Å²) in [5.41, 5.74) is 6.30. The highest BCUT2D eigenvalue weighted by molar-refractivity contribution is 6.31. The summed E-state index contributed by atoms with van der Waals surface area (Å²) >= 11 is 6.15. The maximum atomic E-state index is 15.4. The Morgan fingerprint density at radius 1 is 1.09 bits per heavy atom. The largest absolute Gasteiger partial charge is 0.469 e. The number of fused-ring (bicyclic) bond motifs is 4. The number of ether oxygens (including phenoxy) is 1. The molecule has 3 aromatic carbocycles. The van der Waals surface area contributed by atoms with Gasteiger partial charge in [-0.2, -0.15) is 4.68 Å². The molecule has 9 nitrogen and oxygen atoms in total. The second-order valence-electron chi connectivity index (χ2n) is 10.6. The van der Waals surface area contributed by atoms with Crippen LogP contribution >= 0.6 is 11.6 Å². The van der Waals surface area contributed by atoms with Gasteiger partial charge >= 0.3 is 5.97 Å². The standard InChI is InChI=1S/C33H28ClFN6O3/c1-44-31(43)16-20-9-11-25-22-6-4-5-21(17-22)24(7-2-3-8-30(42)38-28(25)15-20)27-13-10-23(18-36-27)32-29(41-19-37-39-40-41)14-12-26(34)33(32)35/h4-6,9-15,17-19,24H,2-3,7-8,16H2,1H3,(H,38,42). The predicted octanol–water partition coefficient (Wildman–Crippen LogP) is 6.54. The van der Waals surface area contributed by atoms with Crippen LogP contribution < -0.4 is 5.32 Å². The number of methoxy groups -OCH3 is 1. The second-order valence-corrected chi connectivity index (χ2v) is 11.0. The highest BCUT2D eigenvalue weighted by Gasteiger charge is 2.21. The van der Waals surface area contributed by atoms with Crippen LogP contribution in [0.15, 0.2) is 79.3 Å². The summed E-state index contributed by atoms with van der Waals surface area (Å²) in [6.45, 7) is 0. The number of benzene rings is 3. The van der Waals surface area contributed by atoms with E-state index in [0.29, 0.717) is 29.8 Å². The van der Waals surface area contributed by atoms with Crippen molar-refractivity contribution in [1.82, 2.24) is 25.2 Å². The van der Waals surface area contributed by atoms with E-state index < -0.39 is 5.82 Å². The van der Waals surface area contributed by atoms with Crippen LogP contribution in [0.4, 0.5) is 10.1 Å². The molecular weight excluding hydrogens is 583 g/mol. The van der Waals surface area contributed by atoms with Gasteiger partial charge in [-0.1, -0.05) is 60.5 Å². The van der Waals surface area contributed by atoms with Gasteiger partial charge in [-0.25, -0.2) is 4.39 Å². The number of pyridine rings is 1. The molecule has 5 aromatic rings. The number of halogens is 2. The highest BCUT2D eigenvalue weighted by Crippen LogP contribution is 2.37. The number of tetrazole rings is 1.